The maximum Gasteiger partial charge on any atom is 0.148 e. The molecule has 18 heavy (non-hydrogen) atoms. The van der Waals surface area contributed by atoms with Crippen LogP contribution in [0.5, 0.6) is 0 Å². The van der Waals surface area contributed by atoms with Crippen molar-refractivity contribution in [1.82, 2.24) is 9.78 Å². The first-order valence-corrected chi connectivity index (χ1v) is 7.18. The van der Waals surface area contributed by atoms with E-state index in [1.165, 1.54) is 25.7 Å². The van der Waals surface area contributed by atoms with E-state index in [4.69, 9.17) is 5.73 Å². The SMILES string of the molecule is CCCn1nc(C)c(N)c1NCC1(CCC)CC1. The van der Waals surface area contributed by atoms with E-state index in [0.717, 1.165) is 36.7 Å². The fraction of sp³-hybridized carbons (Fsp3) is 0.786. The second kappa shape index (κ2) is 5.21. The van der Waals surface area contributed by atoms with Crippen molar-refractivity contribution < 1.29 is 0 Å². The summed E-state index contributed by atoms with van der Waals surface area (Å²) in [5.74, 6) is 1.02. The zero-order valence-corrected chi connectivity index (χ0v) is 11.9. The van der Waals surface area contributed by atoms with Crippen LogP contribution in [-0.2, 0) is 6.54 Å². The van der Waals surface area contributed by atoms with E-state index in [2.05, 4.69) is 24.3 Å². The van der Waals surface area contributed by atoms with Crippen molar-refractivity contribution >= 4 is 11.5 Å². The highest BCUT2D eigenvalue weighted by Crippen LogP contribution is 2.49. The Morgan fingerprint density at radius 2 is 2.06 bits per heavy atom. The first kappa shape index (κ1) is 13.2. The third kappa shape index (κ3) is 2.62. The first-order chi connectivity index (χ1) is 8.62. The summed E-state index contributed by atoms with van der Waals surface area (Å²) in [6, 6.07) is 0. The number of nitrogens with zero attached hydrogens (tertiary/aromatic N) is 2. The van der Waals surface area contributed by atoms with Crippen molar-refractivity contribution in [3.8, 4) is 0 Å². The van der Waals surface area contributed by atoms with Gasteiger partial charge in [-0.3, -0.25) is 0 Å². The van der Waals surface area contributed by atoms with Gasteiger partial charge in [0.1, 0.15) is 5.82 Å². The highest BCUT2D eigenvalue weighted by molar-refractivity contribution is 5.64. The smallest absolute Gasteiger partial charge is 0.148 e. The molecule has 0 radical (unpaired) electrons. The molecule has 1 aromatic heterocycles. The molecule has 0 spiro atoms. The topological polar surface area (TPSA) is 55.9 Å². The van der Waals surface area contributed by atoms with Crippen LogP contribution >= 0.6 is 0 Å². The second-order valence-electron chi connectivity index (χ2n) is 5.67. The van der Waals surface area contributed by atoms with E-state index in [0.29, 0.717) is 5.41 Å². The van der Waals surface area contributed by atoms with Crippen LogP contribution in [0, 0.1) is 12.3 Å². The molecule has 0 aromatic carbocycles. The quantitative estimate of drug-likeness (QED) is 0.781. The zero-order valence-electron chi connectivity index (χ0n) is 11.9. The standard InChI is InChI=1S/C14H26N4/c1-4-6-14(7-8-14)10-16-13-12(15)11(3)17-18(13)9-5-2/h16H,4-10,15H2,1-3H3. The van der Waals surface area contributed by atoms with Crippen molar-refractivity contribution in [2.24, 2.45) is 5.41 Å². The van der Waals surface area contributed by atoms with Crippen LogP contribution in [-0.4, -0.2) is 16.3 Å². The number of hydrogen-bond acceptors (Lipinski definition) is 3. The minimum atomic E-state index is 0.538. The number of aromatic nitrogens is 2. The van der Waals surface area contributed by atoms with Gasteiger partial charge in [-0.05, 0) is 38.0 Å². The van der Waals surface area contributed by atoms with Gasteiger partial charge < -0.3 is 11.1 Å². The van der Waals surface area contributed by atoms with Gasteiger partial charge in [-0.25, -0.2) is 4.68 Å². The summed E-state index contributed by atoms with van der Waals surface area (Å²) in [6.07, 6.45) is 6.38. The van der Waals surface area contributed by atoms with Crippen LogP contribution in [0.2, 0.25) is 0 Å². The molecule has 4 nitrogen and oxygen atoms in total. The Balaban J connectivity index is 2.04. The molecule has 0 amide bonds. The van der Waals surface area contributed by atoms with Gasteiger partial charge in [0, 0.05) is 13.1 Å². The number of nitrogens with two attached hydrogens (primary N) is 1. The lowest BCUT2D eigenvalue weighted by Gasteiger charge is -2.17. The maximum absolute atomic E-state index is 6.11. The summed E-state index contributed by atoms with van der Waals surface area (Å²) in [4.78, 5) is 0. The lowest BCUT2D eigenvalue weighted by atomic mass is 10.0. The van der Waals surface area contributed by atoms with Crippen LogP contribution in [0.15, 0.2) is 0 Å². The summed E-state index contributed by atoms with van der Waals surface area (Å²) in [5, 5.41) is 8.05. The average molecular weight is 250 g/mol. The molecule has 3 N–H and O–H groups in total. The molecule has 4 heteroatoms. The number of nitrogen functional groups attached to an aromatic ring is 1. The molecule has 1 saturated carbocycles. The van der Waals surface area contributed by atoms with Crippen molar-refractivity contribution in [1.29, 1.82) is 0 Å². The Hall–Kier alpha value is -1.19. The van der Waals surface area contributed by atoms with Gasteiger partial charge >= 0.3 is 0 Å². The average Bonchev–Trinajstić information content (AvgIpc) is 3.04. The molecule has 0 saturated heterocycles. The number of aryl methyl sites for hydroxylation is 2. The summed E-state index contributed by atoms with van der Waals surface area (Å²) >= 11 is 0. The number of rotatable bonds is 7. The van der Waals surface area contributed by atoms with Gasteiger partial charge in [0.05, 0.1) is 11.4 Å². The molecule has 1 aliphatic carbocycles. The van der Waals surface area contributed by atoms with Crippen molar-refractivity contribution in [2.75, 3.05) is 17.6 Å². The van der Waals surface area contributed by atoms with Crippen molar-refractivity contribution in [3.05, 3.63) is 5.69 Å². The Morgan fingerprint density at radius 3 is 2.61 bits per heavy atom. The Labute approximate surface area is 110 Å². The van der Waals surface area contributed by atoms with Gasteiger partial charge in [-0.2, -0.15) is 5.10 Å². The Morgan fingerprint density at radius 1 is 1.33 bits per heavy atom. The van der Waals surface area contributed by atoms with Crippen LogP contribution in [0.25, 0.3) is 0 Å². The minimum absolute atomic E-state index is 0.538. The molecular weight excluding hydrogens is 224 g/mol. The van der Waals surface area contributed by atoms with Gasteiger partial charge in [0.15, 0.2) is 0 Å². The largest absolute Gasteiger partial charge is 0.394 e. The van der Waals surface area contributed by atoms with Crippen molar-refractivity contribution in [3.63, 3.8) is 0 Å². The monoisotopic (exact) mass is 250 g/mol. The molecule has 0 unspecified atom stereocenters. The summed E-state index contributed by atoms with van der Waals surface area (Å²) < 4.78 is 2.02. The van der Waals surface area contributed by atoms with E-state index in [9.17, 15) is 0 Å². The molecule has 0 atom stereocenters. The third-order valence-corrected chi connectivity index (χ3v) is 3.98. The number of nitrogens with one attached hydrogen (secondary N) is 1. The second-order valence-corrected chi connectivity index (χ2v) is 5.67. The van der Waals surface area contributed by atoms with Crippen molar-refractivity contribution in [2.45, 2.75) is 59.4 Å². The molecule has 1 aliphatic rings. The molecule has 0 aliphatic heterocycles. The van der Waals surface area contributed by atoms with E-state index in [-0.39, 0.29) is 0 Å². The van der Waals surface area contributed by atoms with Crippen LogP contribution in [0.4, 0.5) is 11.5 Å². The van der Waals surface area contributed by atoms with E-state index < -0.39 is 0 Å². The normalized spacial score (nSPS) is 16.8. The Kier molecular flexibility index (Phi) is 3.83. The predicted molar refractivity (Wildman–Crippen MR) is 76.7 cm³/mol. The first-order valence-electron chi connectivity index (χ1n) is 7.18. The van der Waals surface area contributed by atoms with Gasteiger partial charge in [-0.15, -0.1) is 0 Å². The lowest BCUT2D eigenvalue weighted by molar-refractivity contribution is 0.482. The third-order valence-electron chi connectivity index (χ3n) is 3.98. The molecule has 1 aromatic rings. The van der Waals surface area contributed by atoms with Gasteiger partial charge in [-0.1, -0.05) is 20.3 Å². The van der Waals surface area contributed by atoms with Crippen LogP contribution in [0.1, 0.15) is 51.6 Å². The highest BCUT2D eigenvalue weighted by Gasteiger charge is 2.41. The fourth-order valence-corrected chi connectivity index (χ4v) is 2.65. The number of hydrogen-bond donors (Lipinski definition) is 2. The molecule has 2 rings (SSSR count). The lowest BCUT2D eigenvalue weighted by Crippen LogP contribution is -2.18. The van der Waals surface area contributed by atoms with E-state index in [1.54, 1.807) is 0 Å². The van der Waals surface area contributed by atoms with Gasteiger partial charge in [0.25, 0.3) is 0 Å². The molecule has 0 bridgehead atoms. The molecular formula is C14H26N4. The highest BCUT2D eigenvalue weighted by atomic mass is 15.3. The van der Waals surface area contributed by atoms with Crippen LogP contribution < -0.4 is 11.1 Å². The summed E-state index contributed by atoms with van der Waals surface area (Å²) in [5.41, 5.74) is 8.40. The minimum Gasteiger partial charge on any atom is -0.394 e. The number of anilines is 2. The van der Waals surface area contributed by atoms with Crippen LogP contribution in [0.3, 0.4) is 0 Å². The summed E-state index contributed by atoms with van der Waals surface area (Å²) in [7, 11) is 0. The summed E-state index contributed by atoms with van der Waals surface area (Å²) in [6.45, 7) is 8.38. The van der Waals surface area contributed by atoms with Gasteiger partial charge in [0.2, 0.25) is 0 Å². The molecule has 102 valence electrons. The van der Waals surface area contributed by atoms with E-state index in [1.807, 2.05) is 11.6 Å². The zero-order chi connectivity index (χ0) is 13.2. The molecule has 1 fully saturated rings. The molecule has 1 heterocycles. The van der Waals surface area contributed by atoms with E-state index >= 15 is 0 Å². The maximum atomic E-state index is 6.11. The fourth-order valence-electron chi connectivity index (χ4n) is 2.65. The predicted octanol–water partition coefficient (Wildman–Crippen LogP) is 3.18. The Bertz CT molecular complexity index is 404.